The predicted octanol–water partition coefficient (Wildman–Crippen LogP) is 2.46. The van der Waals surface area contributed by atoms with Gasteiger partial charge in [-0.25, -0.2) is 4.98 Å². The number of nitrogens with one attached hydrogen (secondary N) is 1. The number of anilines is 1. The van der Waals surface area contributed by atoms with Crippen LogP contribution in [0.4, 0.5) is 5.82 Å². The summed E-state index contributed by atoms with van der Waals surface area (Å²) in [6.45, 7) is 1.69. The van der Waals surface area contributed by atoms with E-state index >= 15 is 0 Å². The van der Waals surface area contributed by atoms with E-state index in [9.17, 15) is 14.7 Å². The number of fused-ring (bicyclic) bond motifs is 1. The summed E-state index contributed by atoms with van der Waals surface area (Å²) in [5.74, 6) is 0.0823. The average molecular weight is 286 g/mol. The number of hydrogen-bond donors (Lipinski definition) is 2. The number of aromatic hydroxyl groups is 1. The minimum absolute atomic E-state index is 0.0113. The molecule has 0 aromatic carbocycles. The van der Waals surface area contributed by atoms with Crippen molar-refractivity contribution in [2.24, 2.45) is 0 Å². The lowest BCUT2D eigenvalue weighted by molar-refractivity contribution is 0.0963. The number of amides is 1. The van der Waals surface area contributed by atoms with E-state index in [-0.39, 0.29) is 23.1 Å². The first-order valence-corrected chi connectivity index (χ1v) is 6.68. The van der Waals surface area contributed by atoms with Crippen LogP contribution < -0.4 is 5.32 Å². The molecule has 0 saturated heterocycles. The first-order valence-electron chi connectivity index (χ1n) is 6.68. The van der Waals surface area contributed by atoms with E-state index in [0.717, 1.165) is 6.42 Å². The van der Waals surface area contributed by atoms with Crippen LogP contribution in [0.3, 0.4) is 0 Å². The van der Waals surface area contributed by atoms with Gasteiger partial charge in [-0.15, -0.1) is 0 Å². The molecular weight excluding hydrogens is 272 g/mol. The molecule has 0 saturated carbocycles. The first kappa shape index (κ1) is 13.4. The zero-order valence-corrected chi connectivity index (χ0v) is 11.5. The molecule has 1 amide bonds. The Morgan fingerprint density at radius 1 is 1.43 bits per heavy atom. The van der Waals surface area contributed by atoms with Crippen molar-refractivity contribution < 1.29 is 19.1 Å². The zero-order chi connectivity index (χ0) is 15.0. The van der Waals surface area contributed by atoms with Gasteiger partial charge in [0.25, 0.3) is 5.91 Å². The van der Waals surface area contributed by atoms with Gasteiger partial charge in [-0.1, -0.05) is 0 Å². The maximum atomic E-state index is 12.2. The van der Waals surface area contributed by atoms with Crippen LogP contribution in [0.25, 0.3) is 0 Å². The van der Waals surface area contributed by atoms with E-state index in [1.165, 1.54) is 12.3 Å². The summed E-state index contributed by atoms with van der Waals surface area (Å²) >= 11 is 0. The molecule has 0 unspecified atom stereocenters. The molecule has 0 spiro atoms. The highest BCUT2D eigenvalue weighted by molar-refractivity contribution is 6.07. The number of rotatable bonds is 2. The van der Waals surface area contributed by atoms with Gasteiger partial charge in [0, 0.05) is 24.6 Å². The number of nitrogens with zero attached hydrogens (tertiary/aromatic N) is 1. The predicted molar refractivity (Wildman–Crippen MR) is 74.6 cm³/mol. The van der Waals surface area contributed by atoms with Gasteiger partial charge >= 0.3 is 0 Å². The number of carbonyl (C=O) groups excluding carboxylic acids is 2. The molecule has 108 valence electrons. The highest BCUT2D eigenvalue weighted by Gasteiger charge is 2.29. The Morgan fingerprint density at radius 3 is 2.95 bits per heavy atom. The molecule has 21 heavy (non-hydrogen) atoms. The van der Waals surface area contributed by atoms with Crippen molar-refractivity contribution in [2.75, 3.05) is 5.32 Å². The Balaban J connectivity index is 1.93. The largest absolute Gasteiger partial charge is 0.504 e. The van der Waals surface area contributed by atoms with Crippen LogP contribution in [0.15, 0.2) is 22.7 Å². The lowest BCUT2D eigenvalue weighted by Gasteiger charge is -2.07. The van der Waals surface area contributed by atoms with Crippen LogP contribution in [-0.2, 0) is 6.42 Å². The van der Waals surface area contributed by atoms with Gasteiger partial charge in [0.2, 0.25) is 0 Å². The SMILES string of the molecule is Cc1c(C(=O)Nc2ncccc2O)oc2c1C(=O)CCC2. The summed E-state index contributed by atoms with van der Waals surface area (Å²) in [7, 11) is 0. The number of ketones is 1. The van der Waals surface area contributed by atoms with Crippen molar-refractivity contribution in [3.63, 3.8) is 0 Å². The van der Waals surface area contributed by atoms with Crippen LogP contribution in [0.5, 0.6) is 5.75 Å². The Labute approximate surface area is 120 Å². The van der Waals surface area contributed by atoms with E-state index in [2.05, 4.69) is 10.3 Å². The minimum Gasteiger partial charge on any atom is -0.504 e. The summed E-state index contributed by atoms with van der Waals surface area (Å²) in [4.78, 5) is 28.0. The Bertz CT molecular complexity index is 733. The molecule has 2 N–H and O–H groups in total. The molecule has 0 bridgehead atoms. The van der Waals surface area contributed by atoms with Gasteiger partial charge in [-0.2, -0.15) is 0 Å². The fraction of sp³-hybridized carbons (Fsp3) is 0.267. The molecule has 2 aromatic heterocycles. The number of pyridine rings is 1. The average Bonchev–Trinajstić information content (AvgIpc) is 2.80. The molecule has 1 aliphatic rings. The standard InChI is InChI=1S/C15H14N2O4/c1-8-12-9(18)4-2-6-11(12)21-13(8)15(20)17-14-10(19)5-3-7-16-14/h3,5,7,19H,2,4,6H2,1H3,(H,16,17,20). The fourth-order valence-corrected chi connectivity index (χ4v) is 2.52. The highest BCUT2D eigenvalue weighted by Crippen LogP contribution is 2.30. The monoisotopic (exact) mass is 286 g/mol. The molecule has 0 atom stereocenters. The third kappa shape index (κ3) is 2.29. The van der Waals surface area contributed by atoms with Gasteiger partial charge < -0.3 is 14.8 Å². The smallest absolute Gasteiger partial charge is 0.292 e. The molecule has 3 rings (SSSR count). The van der Waals surface area contributed by atoms with Crippen molar-refractivity contribution in [3.8, 4) is 5.75 Å². The maximum Gasteiger partial charge on any atom is 0.292 e. The number of Topliss-reactive ketones (excluding diaryl/α,β-unsaturated/α-hetero) is 1. The second-order valence-corrected chi connectivity index (χ2v) is 4.96. The van der Waals surface area contributed by atoms with Crippen molar-refractivity contribution in [1.29, 1.82) is 0 Å². The molecule has 2 aromatic rings. The number of hydrogen-bond acceptors (Lipinski definition) is 5. The lowest BCUT2D eigenvalue weighted by Crippen LogP contribution is -2.14. The Hall–Kier alpha value is -2.63. The summed E-state index contributed by atoms with van der Waals surface area (Å²) in [5, 5.41) is 12.1. The number of aromatic nitrogens is 1. The fourth-order valence-electron chi connectivity index (χ4n) is 2.52. The summed E-state index contributed by atoms with van der Waals surface area (Å²) in [6, 6.07) is 2.98. The van der Waals surface area contributed by atoms with E-state index < -0.39 is 5.91 Å². The molecule has 6 heteroatoms. The van der Waals surface area contributed by atoms with Crippen molar-refractivity contribution in [2.45, 2.75) is 26.2 Å². The van der Waals surface area contributed by atoms with Gasteiger partial charge in [-0.05, 0) is 25.5 Å². The van der Waals surface area contributed by atoms with Crippen LogP contribution in [-0.4, -0.2) is 21.8 Å². The normalized spacial score (nSPS) is 13.9. The second-order valence-electron chi connectivity index (χ2n) is 4.96. The van der Waals surface area contributed by atoms with Crippen molar-refractivity contribution in [3.05, 3.63) is 41.0 Å². The third-order valence-electron chi connectivity index (χ3n) is 3.53. The van der Waals surface area contributed by atoms with Gasteiger partial charge in [0.1, 0.15) is 5.76 Å². The van der Waals surface area contributed by atoms with Gasteiger partial charge in [0.05, 0.1) is 5.56 Å². The molecule has 0 aliphatic heterocycles. The Morgan fingerprint density at radius 2 is 2.24 bits per heavy atom. The highest BCUT2D eigenvalue weighted by atomic mass is 16.4. The van der Waals surface area contributed by atoms with Crippen molar-refractivity contribution in [1.82, 2.24) is 4.98 Å². The number of furan rings is 1. The lowest BCUT2D eigenvalue weighted by atomic mass is 9.94. The number of carbonyl (C=O) groups is 2. The molecule has 2 heterocycles. The van der Waals surface area contributed by atoms with Crippen LogP contribution in [0, 0.1) is 6.92 Å². The minimum atomic E-state index is -0.524. The maximum absolute atomic E-state index is 12.2. The zero-order valence-electron chi connectivity index (χ0n) is 11.5. The Kier molecular flexibility index (Phi) is 3.21. The van der Waals surface area contributed by atoms with Crippen LogP contribution >= 0.6 is 0 Å². The molecule has 0 fully saturated rings. The van der Waals surface area contributed by atoms with Crippen molar-refractivity contribution >= 4 is 17.5 Å². The molecule has 6 nitrogen and oxygen atoms in total. The van der Waals surface area contributed by atoms with E-state index in [4.69, 9.17) is 4.42 Å². The summed E-state index contributed by atoms with van der Waals surface area (Å²) in [5.41, 5.74) is 1.07. The van der Waals surface area contributed by atoms with Crippen LogP contribution in [0.2, 0.25) is 0 Å². The van der Waals surface area contributed by atoms with E-state index in [1.807, 2.05) is 0 Å². The summed E-state index contributed by atoms with van der Waals surface area (Å²) in [6.07, 6.45) is 3.33. The van der Waals surface area contributed by atoms with E-state index in [1.54, 1.807) is 13.0 Å². The third-order valence-corrected chi connectivity index (χ3v) is 3.53. The molecule has 0 radical (unpaired) electrons. The summed E-state index contributed by atoms with van der Waals surface area (Å²) < 4.78 is 5.54. The first-order chi connectivity index (χ1) is 10.1. The molecular formula is C15H14N2O4. The van der Waals surface area contributed by atoms with Gasteiger partial charge in [-0.3, -0.25) is 9.59 Å². The molecule has 1 aliphatic carbocycles. The van der Waals surface area contributed by atoms with Gasteiger partial charge in [0.15, 0.2) is 23.1 Å². The number of aryl methyl sites for hydroxylation is 1. The van der Waals surface area contributed by atoms with Crippen LogP contribution in [0.1, 0.15) is 45.1 Å². The van der Waals surface area contributed by atoms with E-state index in [0.29, 0.717) is 29.7 Å². The second kappa shape index (κ2) is 5.05. The topological polar surface area (TPSA) is 92.4 Å². The quantitative estimate of drug-likeness (QED) is 0.884.